The normalized spacial score (nSPS) is 12.5. The molecule has 5 heteroatoms. The van der Waals surface area contributed by atoms with E-state index in [9.17, 15) is 4.79 Å². The van der Waals surface area contributed by atoms with Gasteiger partial charge in [0, 0.05) is 11.4 Å². The molecule has 1 heterocycles. The van der Waals surface area contributed by atoms with E-state index in [4.69, 9.17) is 5.73 Å². The Morgan fingerprint density at radius 1 is 1.67 bits per heavy atom. The van der Waals surface area contributed by atoms with E-state index in [1.165, 1.54) is 4.88 Å². The largest absolute Gasteiger partial charge is 0.354 e. The number of carbonyl (C=O) groups is 1. The fourth-order valence-corrected chi connectivity index (χ4v) is 2.59. The van der Waals surface area contributed by atoms with Gasteiger partial charge in [-0.05, 0) is 40.9 Å². The zero-order valence-electron chi connectivity index (χ0n) is 8.63. The number of rotatable bonds is 5. The lowest BCUT2D eigenvalue weighted by Gasteiger charge is -2.08. The molecule has 0 aromatic carbocycles. The number of nitrogens with one attached hydrogen (secondary N) is 1. The maximum absolute atomic E-state index is 11.3. The van der Waals surface area contributed by atoms with Gasteiger partial charge in [-0.25, -0.2) is 0 Å². The standard InChI is InChI=1S/C10H15BrN2OS/c1-2-8(12)10(14)13-6-5-7-3-4-9(11)15-7/h3-4,8H,2,5-6,12H2,1H3,(H,13,14)/t8-/m1/s1. The van der Waals surface area contributed by atoms with Gasteiger partial charge in [-0.1, -0.05) is 6.92 Å². The van der Waals surface area contributed by atoms with Gasteiger partial charge in [0.2, 0.25) is 5.91 Å². The molecular weight excluding hydrogens is 276 g/mol. The van der Waals surface area contributed by atoms with E-state index in [1.54, 1.807) is 11.3 Å². The van der Waals surface area contributed by atoms with E-state index < -0.39 is 0 Å². The van der Waals surface area contributed by atoms with Gasteiger partial charge in [-0.3, -0.25) is 4.79 Å². The number of amides is 1. The van der Waals surface area contributed by atoms with Gasteiger partial charge in [-0.15, -0.1) is 11.3 Å². The first kappa shape index (κ1) is 12.7. The van der Waals surface area contributed by atoms with Crippen LogP contribution in [-0.2, 0) is 11.2 Å². The zero-order valence-corrected chi connectivity index (χ0v) is 11.0. The molecule has 0 fully saturated rings. The van der Waals surface area contributed by atoms with Gasteiger partial charge >= 0.3 is 0 Å². The first-order valence-corrected chi connectivity index (χ1v) is 6.52. The molecule has 0 spiro atoms. The summed E-state index contributed by atoms with van der Waals surface area (Å²) < 4.78 is 1.12. The molecule has 0 radical (unpaired) electrons. The molecule has 0 saturated heterocycles. The Labute approximate surface area is 102 Å². The molecule has 0 aliphatic rings. The van der Waals surface area contributed by atoms with Crippen molar-refractivity contribution in [3.05, 3.63) is 20.8 Å². The monoisotopic (exact) mass is 290 g/mol. The Morgan fingerprint density at radius 3 is 2.93 bits per heavy atom. The lowest BCUT2D eigenvalue weighted by atomic mass is 10.2. The van der Waals surface area contributed by atoms with Crippen LogP contribution >= 0.6 is 27.3 Å². The first-order chi connectivity index (χ1) is 7.13. The Hall–Kier alpha value is -0.390. The van der Waals surface area contributed by atoms with Crippen LogP contribution in [0.25, 0.3) is 0 Å². The summed E-state index contributed by atoms with van der Waals surface area (Å²) in [5.41, 5.74) is 5.58. The van der Waals surface area contributed by atoms with Crippen molar-refractivity contribution in [3.63, 3.8) is 0 Å². The van der Waals surface area contributed by atoms with Gasteiger partial charge in [0.15, 0.2) is 0 Å². The van der Waals surface area contributed by atoms with Crippen LogP contribution in [0.2, 0.25) is 0 Å². The highest BCUT2D eigenvalue weighted by Gasteiger charge is 2.09. The summed E-state index contributed by atoms with van der Waals surface area (Å²) in [6.45, 7) is 2.56. The minimum atomic E-state index is -0.375. The van der Waals surface area contributed by atoms with Crippen LogP contribution in [0.4, 0.5) is 0 Å². The van der Waals surface area contributed by atoms with Crippen LogP contribution < -0.4 is 11.1 Å². The number of carbonyl (C=O) groups excluding carboxylic acids is 1. The molecule has 0 aliphatic heterocycles. The lowest BCUT2D eigenvalue weighted by molar-refractivity contribution is -0.122. The zero-order chi connectivity index (χ0) is 11.3. The summed E-state index contributed by atoms with van der Waals surface area (Å²) >= 11 is 5.09. The second kappa shape index (κ2) is 6.25. The average molecular weight is 291 g/mol. The van der Waals surface area contributed by atoms with Crippen molar-refractivity contribution in [1.29, 1.82) is 0 Å². The number of thiophene rings is 1. The molecule has 15 heavy (non-hydrogen) atoms. The second-order valence-electron chi connectivity index (χ2n) is 3.26. The molecule has 0 aliphatic carbocycles. The smallest absolute Gasteiger partial charge is 0.236 e. The average Bonchev–Trinajstić information content (AvgIpc) is 2.63. The molecule has 1 aromatic rings. The molecule has 0 unspecified atom stereocenters. The van der Waals surface area contributed by atoms with E-state index in [0.717, 1.165) is 10.2 Å². The molecule has 84 valence electrons. The third-order valence-corrected chi connectivity index (χ3v) is 3.76. The van der Waals surface area contributed by atoms with Gasteiger partial charge < -0.3 is 11.1 Å². The lowest BCUT2D eigenvalue weighted by Crippen LogP contribution is -2.40. The Kier molecular flexibility index (Phi) is 5.28. The van der Waals surface area contributed by atoms with Crippen LogP contribution in [0, 0.1) is 0 Å². The van der Waals surface area contributed by atoms with Crippen LogP contribution in [0.5, 0.6) is 0 Å². The van der Waals surface area contributed by atoms with Crippen molar-refractivity contribution < 1.29 is 4.79 Å². The van der Waals surface area contributed by atoms with Crippen LogP contribution in [0.15, 0.2) is 15.9 Å². The summed E-state index contributed by atoms with van der Waals surface area (Å²) in [6.07, 6.45) is 1.54. The summed E-state index contributed by atoms with van der Waals surface area (Å²) in [4.78, 5) is 12.6. The summed E-state index contributed by atoms with van der Waals surface area (Å²) in [7, 11) is 0. The van der Waals surface area contributed by atoms with Crippen molar-refractivity contribution in [2.45, 2.75) is 25.8 Å². The number of hydrogen-bond donors (Lipinski definition) is 2. The van der Waals surface area contributed by atoms with Crippen molar-refractivity contribution in [3.8, 4) is 0 Å². The van der Waals surface area contributed by atoms with Crippen LogP contribution in [0.1, 0.15) is 18.2 Å². The van der Waals surface area contributed by atoms with Gasteiger partial charge in [0.25, 0.3) is 0 Å². The maximum atomic E-state index is 11.3. The molecule has 1 amide bonds. The summed E-state index contributed by atoms with van der Waals surface area (Å²) in [6, 6.07) is 3.69. The molecule has 0 bridgehead atoms. The van der Waals surface area contributed by atoms with E-state index >= 15 is 0 Å². The maximum Gasteiger partial charge on any atom is 0.236 e. The topological polar surface area (TPSA) is 55.1 Å². The van der Waals surface area contributed by atoms with Crippen molar-refractivity contribution >= 4 is 33.2 Å². The second-order valence-corrected chi connectivity index (χ2v) is 5.81. The van der Waals surface area contributed by atoms with Crippen LogP contribution in [0.3, 0.4) is 0 Å². The molecule has 1 atom stereocenters. The number of halogens is 1. The third-order valence-electron chi connectivity index (χ3n) is 2.08. The highest BCUT2D eigenvalue weighted by molar-refractivity contribution is 9.11. The predicted octanol–water partition coefficient (Wildman–Crippen LogP) is 1.91. The van der Waals surface area contributed by atoms with Crippen molar-refractivity contribution in [2.24, 2.45) is 5.73 Å². The first-order valence-electron chi connectivity index (χ1n) is 4.91. The predicted molar refractivity (Wildman–Crippen MR) is 67.0 cm³/mol. The van der Waals surface area contributed by atoms with Gasteiger partial charge in [0.1, 0.15) is 0 Å². The van der Waals surface area contributed by atoms with E-state index in [-0.39, 0.29) is 11.9 Å². The third kappa shape index (κ3) is 4.32. The fourth-order valence-electron chi connectivity index (χ4n) is 1.11. The molecule has 3 N–H and O–H groups in total. The minimum Gasteiger partial charge on any atom is -0.354 e. The van der Waals surface area contributed by atoms with Gasteiger partial charge in [-0.2, -0.15) is 0 Å². The number of hydrogen-bond acceptors (Lipinski definition) is 3. The Balaban J connectivity index is 2.24. The highest BCUT2D eigenvalue weighted by Crippen LogP contribution is 2.21. The van der Waals surface area contributed by atoms with Crippen molar-refractivity contribution in [2.75, 3.05) is 6.54 Å². The summed E-state index contributed by atoms with van der Waals surface area (Å²) in [5, 5.41) is 2.82. The fraction of sp³-hybridized carbons (Fsp3) is 0.500. The molecular formula is C10H15BrN2OS. The van der Waals surface area contributed by atoms with E-state index in [2.05, 4.69) is 27.3 Å². The minimum absolute atomic E-state index is 0.0619. The highest BCUT2D eigenvalue weighted by atomic mass is 79.9. The quantitative estimate of drug-likeness (QED) is 0.870. The van der Waals surface area contributed by atoms with E-state index in [1.807, 2.05) is 13.0 Å². The number of nitrogens with two attached hydrogens (primary N) is 1. The summed E-state index contributed by atoms with van der Waals surface area (Å²) in [5.74, 6) is -0.0619. The van der Waals surface area contributed by atoms with E-state index in [0.29, 0.717) is 13.0 Å². The molecule has 3 nitrogen and oxygen atoms in total. The SMILES string of the molecule is CC[C@@H](N)C(=O)NCCc1ccc(Br)s1. The van der Waals surface area contributed by atoms with Gasteiger partial charge in [0.05, 0.1) is 9.83 Å². The molecule has 1 aromatic heterocycles. The van der Waals surface area contributed by atoms with Crippen LogP contribution in [-0.4, -0.2) is 18.5 Å². The van der Waals surface area contributed by atoms with Crippen molar-refractivity contribution in [1.82, 2.24) is 5.32 Å². The molecule has 0 saturated carbocycles. The Morgan fingerprint density at radius 2 is 2.40 bits per heavy atom. The molecule has 1 rings (SSSR count). The Bertz CT molecular complexity index is 327.